The SMILES string of the molecule is O=C(NCC#Cc1cc(F)ccn1)OCC1c2ccccc2-c2ccccc21. The van der Waals surface area contributed by atoms with Gasteiger partial charge in [-0.25, -0.2) is 14.2 Å². The number of ether oxygens (including phenoxy) is 1. The molecular formula is C23H17FN2O2. The maximum Gasteiger partial charge on any atom is 0.407 e. The zero-order valence-corrected chi connectivity index (χ0v) is 15.0. The normalized spacial score (nSPS) is 11.8. The molecule has 0 spiro atoms. The molecule has 1 aromatic heterocycles. The summed E-state index contributed by atoms with van der Waals surface area (Å²) in [4.78, 5) is 15.9. The van der Waals surface area contributed by atoms with E-state index in [0.29, 0.717) is 5.69 Å². The summed E-state index contributed by atoms with van der Waals surface area (Å²) in [6.07, 6.45) is 0.807. The largest absolute Gasteiger partial charge is 0.449 e. The van der Waals surface area contributed by atoms with Crippen LogP contribution in [0.1, 0.15) is 22.7 Å². The first-order valence-corrected chi connectivity index (χ1v) is 8.91. The Hall–Kier alpha value is -3.65. The van der Waals surface area contributed by atoms with Gasteiger partial charge in [0.25, 0.3) is 0 Å². The summed E-state index contributed by atoms with van der Waals surface area (Å²) < 4.78 is 18.5. The summed E-state index contributed by atoms with van der Waals surface area (Å²) in [6.45, 7) is 0.341. The predicted molar refractivity (Wildman–Crippen MR) is 104 cm³/mol. The third kappa shape index (κ3) is 3.72. The number of benzene rings is 2. The Morgan fingerprint density at radius 2 is 1.75 bits per heavy atom. The average molecular weight is 372 g/mol. The number of rotatable bonds is 3. The van der Waals surface area contributed by atoms with Gasteiger partial charge in [-0.05, 0) is 34.2 Å². The molecule has 0 bridgehead atoms. The van der Waals surface area contributed by atoms with Crippen LogP contribution < -0.4 is 5.32 Å². The van der Waals surface area contributed by atoms with Crippen LogP contribution in [0.3, 0.4) is 0 Å². The van der Waals surface area contributed by atoms with Gasteiger partial charge in [-0.2, -0.15) is 0 Å². The van der Waals surface area contributed by atoms with Gasteiger partial charge in [0.15, 0.2) is 0 Å². The van der Waals surface area contributed by atoms with Gasteiger partial charge in [-0.3, -0.25) is 0 Å². The number of aromatic nitrogens is 1. The monoisotopic (exact) mass is 372 g/mol. The molecule has 4 rings (SSSR count). The van der Waals surface area contributed by atoms with E-state index in [1.807, 2.05) is 24.3 Å². The number of nitrogens with zero attached hydrogens (tertiary/aromatic N) is 1. The lowest BCUT2D eigenvalue weighted by atomic mass is 9.98. The lowest BCUT2D eigenvalue weighted by Crippen LogP contribution is -2.26. The molecular weight excluding hydrogens is 355 g/mol. The molecule has 0 saturated carbocycles. The first kappa shape index (κ1) is 17.7. The topological polar surface area (TPSA) is 51.2 Å². The van der Waals surface area contributed by atoms with Gasteiger partial charge in [-0.15, -0.1) is 0 Å². The molecule has 0 atom stereocenters. The van der Waals surface area contributed by atoms with Crippen LogP contribution in [0.25, 0.3) is 11.1 Å². The number of halogens is 1. The summed E-state index contributed by atoms with van der Waals surface area (Å²) >= 11 is 0. The highest BCUT2D eigenvalue weighted by atomic mass is 19.1. The zero-order chi connectivity index (χ0) is 19.3. The minimum absolute atomic E-state index is 0.0146. The minimum Gasteiger partial charge on any atom is -0.449 e. The molecule has 0 unspecified atom stereocenters. The van der Waals surface area contributed by atoms with Crippen LogP contribution in [-0.2, 0) is 4.74 Å². The van der Waals surface area contributed by atoms with Crippen molar-refractivity contribution in [2.75, 3.05) is 13.2 Å². The van der Waals surface area contributed by atoms with E-state index in [1.165, 1.54) is 29.5 Å². The molecule has 1 heterocycles. The Morgan fingerprint density at radius 1 is 1.07 bits per heavy atom. The lowest BCUT2D eigenvalue weighted by Gasteiger charge is -2.14. The standard InChI is InChI=1S/C23H17FN2O2/c24-16-11-13-25-17(14-16)6-5-12-26-23(27)28-15-22-20-9-3-1-7-18(20)19-8-2-4-10-21(19)22/h1-4,7-11,13-14,22H,12,15H2,(H,26,27). The lowest BCUT2D eigenvalue weighted by molar-refractivity contribution is 0.144. The maximum atomic E-state index is 13.1. The number of alkyl carbamates (subject to hydrolysis) is 1. The summed E-state index contributed by atoms with van der Waals surface area (Å²) in [7, 11) is 0. The molecule has 0 aliphatic heterocycles. The van der Waals surface area contributed by atoms with Crippen LogP contribution in [0.2, 0.25) is 0 Å². The average Bonchev–Trinajstić information content (AvgIpc) is 3.04. The molecule has 1 aliphatic carbocycles. The molecule has 1 amide bonds. The van der Waals surface area contributed by atoms with Crippen molar-refractivity contribution in [3.05, 3.63) is 89.5 Å². The number of amides is 1. The van der Waals surface area contributed by atoms with Gasteiger partial charge in [0, 0.05) is 18.2 Å². The molecule has 4 nitrogen and oxygen atoms in total. The van der Waals surface area contributed by atoms with Crippen molar-refractivity contribution in [1.29, 1.82) is 0 Å². The summed E-state index contributed by atoms with van der Waals surface area (Å²) in [5.41, 5.74) is 5.00. The minimum atomic E-state index is -0.539. The first-order chi connectivity index (χ1) is 13.7. The first-order valence-electron chi connectivity index (χ1n) is 8.91. The number of nitrogens with one attached hydrogen (secondary N) is 1. The number of hydrogen-bond acceptors (Lipinski definition) is 3. The van der Waals surface area contributed by atoms with E-state index >= 15 is 0 Å². The molecule has 28 heavy (non-hydrogen) atoms. The van der Waals surface area contributed by atoms with Crippen LogP contribution in [0.15, 0.2) is 66.9 Å². The fourth-order valence-electron chi connectivity index (χ4n) is 3.37. The van der Waals surface area contributed by atoms with Gasteiger partial charge in [0.05, 0.1) is 6.54 Å². The van der Waals surface area contributed by atoms with Crippen molar-refractivity contribution in [3.63, 3.8) is 0 Å². The Bertz CT molecular complexity index is 1040. The van der Waals surface area contributed by atoms with Crippen molar-refractivity contribution in [2.45, 2.75) is 5.92 Å². The fraction of sp³-hybridized carbons (Fsp3) is 0.130. The van der Waals surface area contributed by atoms with Crippen molar-refractivity contribution in [2.24, 2.45) is 0 Å². The highest BCUT2D eigenvalue weighted by Gasteiger charge is 2.28. The number of hydrogen-bond donors (Lipinski definition) is 1. The van der Waals surface area contributed by atoms with E-state index < -0.39 is 11.9 Å². The van der Waals surface area contributed by atoms with Gasteiger partial charge in [-0.1, -0.05) is 54.5 Å². The molecule has 5 heteroatoms. The number of pyridine rings is 1. The number of carbonyl (C=O) groups is 1. The second kappa shape index (κ2) is 7.93. The third-order valence-electron chi connectivity index (χ3n) is 4.60. The van der Waals surface area contributed by atoms with Crippen LogP contribution in [0, 0.1) is 17.7 Å². The van der Waals surface area contributed by atoms with Crippen molar-refractivity contribution in [3.8, 4) is 23.0 Å². The number of fused-ring (bicyclic) bond motifs is 3. The zero-order valence-electron chi connectivity index (χ0n) is 15.0. The Morgan fingerprint density at radius 3 is 2.43 bits per heavy atom. The quantitative estimate of drug-likeness (QED) is 0.704. The summed E-state index contributed by atoms with van der Waals surface area (Å²) in [6, 6.07) is 18.8. The van der Waals surface area contributed by atoms with E-state index in [4.69, 9.17) is 4.74 Å². The van der Waals surface area contributed by atoms with E-state index in [0.717, 1.165) is 11.1 Å². The Balaban J connectivity index is 1.35. The van der Waals surface area contributed by atoms with Crippen molar-refractivity contribution >= 4 is 6.09 Å². The number of carbonyl (C=O) groups excluding carboxylic acids is 1. The highest BCUT2D eigenvalue weighted by molar-refractivity contribution is 5.79. The molecule has 0 fully saturated rings. The second-order valence-corrected chi connectivity index (χ2v) is 6.34. The molecule has 1 N–H and O–H groups in total. The van der Waals surface area contributed by atoms with Crippen molar-refractivity contribution in [1.82, 2.24) is 10.3 Å². The maximum absolute atomic E-state index is 13.1. The molecule has 3 aromatic rings. The smallest absolute Gasteiger partial charge is 0.407 e. The molecule has 2 aromatic carbocycles. The van der Waals surface area contributed by atoms with Crippen molar-refractivity contribution < 1.29 is 13.9 Å². The van der Waals surface area contributed by atoms with Gasteiger partial charge >= 0.3 is 6.09 Å². The summed E-state index contributed by atoms with van der Waals surface area (Å²) in [5.74, 6) is 5.04. The fourth-order valence-corrected chi connectivity index (χ4v) is 3.37. The molecule has 1 aliphatic rings. The van der Waals surface area contributed by atoms with Crippen LogP contribution in [0.4, 0.5) is 9.18 Å². The summed E-state index contributed by atoms with van der Waals surface area (Å²) in [5, 5.41) is 2.58. The van der Waals surface area contributed by atoms with E-state index in [9.17, 15) is 9.18 Å². The Kier molecular flexibility index (Phi) is 5.03. The van der Waals surface area contributed by atoms with Crippen LogP contribution in [-0.4, -0.2) is 24.2 Å². The molecule has 0 radical (unpaired) electrons. The van der Waals surface area contributed by atoms with E-state index in [1.54, 1.807) is 0 Å². The van der Waals surface area contributed by atoms with Gasteiger partial charge < -0.3 is 10.1 Å². The van der Waals surface area contributed by atoms with Crippen LogP contribution >= 0.6 is 0 Å². The molecule has 138 valence electrons. The molecule has 0 saturated heterocycles. The second-order valence-electron chi connectivity index (χ2n) is 6.34. The van der Waals surface area contributed by atoms with Gasteiger partial charge in [0.2, 0.25) is 0 Å². The highest BCUT2D eigenvalue weighted by Crippen LogP contribution is 2.44. The predicted octanol–water partition coefficient (Wildman–Crippen LogP) is 4.11. The third-order valence-corrected chi connectivity index (χ3v) is 4.60. The van der Waals surface area contributed by atoms with Gasteiger partial charge in [0.1, 0.15) is 18.1 Å². The van der Waals surface area contributed by atoms with E-state index in [2.05, 4.69) is 46.4 Å². The van der Waals surface area contributed by atoms with E-state index in [-0.39, 0.29) is 19.1 Å². The van der Waals surface area contributed by atoms with Crippen LogP contribution in [0.5, 0.6) is 0 Å². The Labute approximate surface area is 162 Å².